The molecule has 1 aromatic rings. The highest BCUT2D eigenvalue weighted by molar-refractivity contribution is 5.58. The van der Waals surface area contributed by atoms with Gasteiger partial charge in [-0.05, 0) is 6.92 Å². The van der Waals surface area contributed by atoms with Crippen molar-refractivity contribution in [1.29, 1.82) is 0 Å². The first-order valence-corrected chi connectivity index (χ1v) is 3.17. The molecule has 0 spiro atoms. The van der Waals surface area contributed by atoms with Crippen molar-refractivity contribution in [1.82, 2.24) is 20.7 Å². The van der Waals surface area contributed by atoms with Crippen LogP contribution in [0.15, 0.2) is 25.1 Å². The van der Waals surface area contributed by atoms with Crippen LogP contribution >= 0.6 is 0 Å². The number of nitrogens with one attached hydrogen (secondary N) is 2. The van der Waals surface area contributed by atoms with Crippen LogP contribution < -0.4 is 5.32 Å². The largest absolute Gasteiger partial charge is 0.358 e. The molecule has 1 aromatic heterocycles. The number of hydrogen-bond donors (Lipinski definition) is 2. The minimum absolute atomic E-state index is 0.700. The zero-order valence-corrected chi connectivity index (χ0v) is 6.39. The Morgan fingerprint density at radius 1 is 1.64 bits per heavy atom. The van der Waals surface area contributed by atoms with Gasteiger partial charge in [0.1, 0.15) is 5.69 Å². The van der Waals surface area contributed by atoms with E-state index in [0.717, 1.165) is 5.70 Å². The van der Waals surface area contributed by atoms with Gasteiger partial charge in [-0.1, -0.05) is 13.2 Å². The third-order valence-corrected chi connectivity index (χ3v) is 1.09. The van der Waals surface area contributed by atoms with E-state index in [-0.39, 0.29) is 0 Å². The zero-order valence-electron chi connectivity index (χ0n) is 6.39. The van der Waals surface area contributed by atoms with Gasteiger partial charge in [-0.3, -0.25) is 0 Å². The van der Waals surface area contributed by atoms with Crippen LogP contribution in [0.4, 0.5) is 0 Å². The van der Waals surface area contributed by atoms with Crippen LogP contribution in [0.2, 0.25) is 0 Å². The van der Waals surface area contributed by atoms with E-state index in [0.29, 0.717) is 11.4 Å². The van der Waals surface area contributed by atoms with Crippen molar-refractivity contribution in [2.24, 2.45) is 0 Å². The topological polar surface area (TPSA) is 53.6 Å². The normalized spacial score (nSPS) is 9.18. The van der Waals surface area contributed by atoms with Gasteiger partial charge in [0.05, 0.1) is 11.9 Å². The lowest BCUT2D eigenvalue weighted by Gasteiger charge is -2.03. The monoisotopic (exact) mass is 150 g/mol. The van der Waals surface area contributed by atoms with Crippen molar-refractivity contribution in [3.63, 3.8) is 0 Å². The standard InChI is InChI=1S/C7H10N4/c1-5(2)9-6(3)7-4-8-11-10-7/h4,9H,1,3H2,2H3,(H,8,10,11). The van der Waals surface area contributed by atoms with Crippen LogP contribution in [-0.2, 0) is 0 Å². The van der Waals surface area contributed by atoms with E-state index < -0.39 is 0 Å². The van der Waals surface area contributed by atoms with Crippen molar-refractivity contribution in [2.45, 2.75) is 6.92 Å². The molecule has 0 amide bonds. The summed E-state index contributed by atoms with van der Waals surface area (Å²) in [7, 11) is 0. The molecule has 0 aromatic carbocycles. The second-order valence-electron chi connectivity index (χ2n) is 2.24. The van der Waals surface area contributed by atoms with E-state index in [4.69, 9.17) is 0 Å². The molecule has 0 atom stereocenters. The third-order valence-electron chi connectivity index (χ3n) is 1.09. The average molecular weight is 150 g/mol. The smallest absolute Gasteiger partial charge is 0.128 e. The summed E-state index contributed by atoms with van der Waals surface area (Å²) in [6.07, 6.45) is 1.60. The highest BCUT2D eigenvalue weighted by Gasteiger charge is 1.99. The Morgan fingerprint density at radius 2 is 2.36 bits per heavy atom. The minimum atomic E-state index is 0.700. The van der Waals surface area contributed by atoms with E-state index in [1.165, 1.54) is 0 Å². The maximum Gasteiger partial charge on any atom is 0.128 e. The molecule has 1 heterocycles. The average Bonchev–Trinajstić information content (AvgIpc) is 2.35. The highest BCUT2D eigenvalue weighted by atomic mass is 15.3. The molecule has 4 heteroatoms. The van der Waals surface area contributed by atoms with E-state index in [1.807, 2.05) is 6.92 Å². The molecule has 2 N–H and O–H groups in total. The van der Waals surface area contributed by atoms with Gasteiger partial charge in [0.25, 0.3) is 0 Å². The van der Waals surface area contributed by atoms with Gasteiger partial charge in [-0.2, -0.15) is 15.4 Å². The van der Waals surface area contributed by atoms with Crippen LogP contribution in [0.25, 0.3) is 5.70 Å². The Balaban J connectivity index is 2.64. The molecule has 58 valence electrons. The van der Waals surface area contributed by atoms with Crippen molar-refractivity contribution in [3.05, 3.63) is 30.7 Å². The maximum atomic E-state index is 3.83. The first-order chi connectivity index (χ1) is 5.20. The number of H-pyrrole nitrogens is 1. The summed E-state index contributed by atoms with van der Waals surface area (Å²) >= 11 is 0. The molecular weight excluding hydrogens is 140 g/mol. The Morgan fingerprint density at radius 3 is 2.82 bits per heavy atom. The highest BCUT2D eigenvalue weighted by Crippen LogP contribution is 2.03. The van der Waals surface area contributed by atoms with Gasteiger partial charge in [0.15, 0.2) is 0 Å². The second kappa shape index (κ2) is 3.01. The molecule has 0 aliphatic heterocycles. The van der Waals surface area contributed by atoms with Gasteiger partial charge in [0.2, 0.25) is 0 Å². The molecule has 0 radical (unpaired) electrons. The summed E-state index contributed by atoms with van der Waals surface area (Å²) in [6.45, 7) is 9.27. The minimum Gasteiger partial charge on any atom is -0.358 e. The van der Waals surface area contributed by atoms with Crippen LogP contribution in [0, 0.1) is 0 Å². The van der Waals surface area contributed by atoms with Crippen LogP contribution in [0.5, 0.6) is 0 Å². The molecule has 0 fully saturated rings. The summed E-state index contributed by atoms with van der Waals surface area (Å²) < 4.78 is 0. The zero-order chi connectivity index (χ0) is 8.27. The molecule has 0 aliphatic rings. The summed E-state index contributed by atoms with van der Waals surface area (Å²) in [4.78, 5) is 0. The molecule has 0 saturated heterocycles. The fourth-order valence-electron chi connectivity index (χ4n) is 0.669. The van der Waals surface area contributed by atoms with E-state index >= 15 is 0 Å². The first kappa shape index (κ1) is 7.53. The second-order valence-corrected chi connectivity index (χ2v) is 2.24. The molecule has 1 rings (SSSR count). The van der Waals surface area contributed by atoms with Gasteiger partial charge < -0.3 is 5.32 Å². The van der Waals surface area contributed by atoms with Crippen LogP contribution in [0.3, 0.4) is 0 Å². The van der Waals surface area contributed by atoms with E-state index in [1.54, 1.807) is 6.20 Å². The number of allylic oxidation sites excluding steroid dienone is 1. The van der Waals surface area contributed by atoms with Gasteiger partial charge in [-0.25, -0.2) is 0 Å². The Kier molecular flexibility index (Phi) is 2.06. The number of hydrogen-bond acceptors (Lipinski definition) is 3. The fraction of sp³-hybridized carbons (Fsp3) is 0.143. The Labute approximate surface area is 65.0 Å². The molecule has 11 heavy (non-hydrogen) atoms. The number of aromatic amines is 1. The van der Waals surface area contributed by atoms with E-state index in [2.05, 4.69) is 33.9 Å². The summed E-state index contributed by atoms with van der Waals surface area (Å²) in [5.41, 5.74) is 2.23. The lowest BCUT2D eigenvalue weighted by atomic mass is 10.3. The van der Waals surface area contributed by atoms with Crippen molar-refractivity contribution in [2.75, 3.05) is 0 Å². The van der Waals surface area contributed by atoms with Gasteiger partial charge >= 0.3 is 0 Å². The Bertz CT molecular complexity index is 260. The van der Waals surface area contributed by atoms with Crippen molar-refractivity contribution < 1.29 is 0 Å². The van der Waals surface area contributed by atoms with E-state index in [9.17, 15) is 0 Å². The summed E-state index contributed by atoms with van der Waals surface area (Å²) in [6, 6.07) is 0. The molecule has 0 unspecified atom stereocenters. The lowest BCUT2D eigenvalue weighted by Crippen LogP contribution is -2.07. The first-order valence-electron chi connectivity index (χ1n) is 3.17. The van der Waals surface area contributed by atoms with Gasteiger partial charge in [-0.15, -0.1) is 0 Å². The lowest BCUT2D eigenvalue weighted by molar-refractivity contribution is 0.930. The third kappa shape index (κ3) is 1.93. The van der Waals surface area contributed by atoms with Crippen LogP contribution in [0.1, 0.15) is 12.6 Å². The predicted molar refractivity (Wildman–Crippen MR) is 43.4 cm³/mol. The SMILES string of the molecule is C=C(C)NC(=C)c1cn[nH]n1. The van der Waals surface area contributed by atoms with Crippen LogP contribution in [-0.4, -0.2) is 15.4 Å². The quantitative estimate of drug-likeness (QED) is 0.673. The molecular formula is C7H10N4. The maximum absolute atomic E-state index is 3.83. The molecule has 0 bridgehead atoms. The van der Waals surface area contributed by atoms with Crippen molar-refractivity contribution >= 4 is 5.70 Å². The fourth-order valence-corrected chi connectivity index (χ4v) is 0.669. The molecule has 0 aliphatic carbocycles. The summed E-state index contributed by atoms with van der Waals surface area (Å²) in [5, 5.41) is 12.9. The molecule has 0 saturated carbocycles. The number of aromatic nitrogens is 3. The number of nitrogens with zero attached hydrogens (tertiary/aromatic N) is 2. The predicted octanol–water partition coefficient (Wildman–Crippen LogP) is 0.899. The number of rotatable bonds is 3. The summed E-state index contributed by atoms with van der Waals surface area (Å²) in [5.74, 6) is 0. The molecule has 4 nitrogen and oxygen atoms in total. The van der Waals surface area contributed by atoms with Crippen molar-refractivity contribution in [3.8, 4) is 0 Å². The Hall–Kier alpha value is -1.58. The van der Waals surface area contributed by atoms with Gasteiger partial charge in [0, 0.05) is 5.70 Å².